The molecule has 0 radical (unpaired) electrons. The Hall–Kier alpha value is -4.72. The van der Waals surface area contributed by atoms with Gasteiger partial charge in [0.25, 0.3) is 11.4 Å². The molecule has 0 aliphatic heterocycles. The molecule has 0 aliphatic rings. The Morgan fingerprint density at radius 3 is 1.22 bits per heavy atom. The van der Waals surface area contributed by atoms with Crippen LogP contribution in [0.2, 0.25) is 0 Å². The van der Waals surface area contributed by atoms with Crippen LogP contribution in [-0.2, 0) is 0 Å². The van der Waals surface area contributed by atoms with Crippen LogP contribution in [0, 0.1) is 20.2 Å². The smallest absolute Gasteiger partial charge is 0.269 e. The zero-order chi connectivity index (χ0) is 22.5. The third-order valence-corrected chi connectivity index (χ3v) is 4.57. The molecule has 4 rings (SSSR count). The van der Waals surface area contributed by atoms with Gasteiger partial charge in [-0.25, -0.2) is 0 Å². The van der Waals surface area contributed by atoms with Gasteiger partial charge < -0.3 is 9.47 Å². The highest BCUT2D eigenvalue weighted by Crippen LogP contribution is 2.31. The fraction of sp³-hybridized carbons (Fsp3) is 0. The van der Waals surface area contributed by atoms with Gasteiger partial charge in [-0.3, -0.25) is 20.2 Å². The molecule has 0 fully saturated rings. The molecule has 0 amide bonds. The first kappa shape index (κ1) is 20.5. The van der Waals surface area contributed by atoms with Gasteiger partial charge in [0.15, 0.2) is 0 Å². The van der Waals surface area contributed by atoms with Gasteiger partial charge in [-0.1, -0.05) is 24.3 Å². The van der Waals surface area contributed by atoms with Gasteiger partial charge in [0.1, 0.15) is 23.0 Å². The van der Waals surface area contributed by atoms with E-state index in [9.17, 15) is 20.2 Å². The fourth-order valence-corrected chi connectivity index (χ4v) is 3.02. The molecule has 4 aromatic carbocycles. The summed E-state index contributed by atoms with van der Waals surface area (Å²) in [6, 6.07) is 26.6. The third kappa shape index (κ3) is 4.88. The van der Waals surface area contributed by atoms with Crippen molar-refractivity contribution in [3.8, 4) is 34.1 Å². The Labute approximate surface area is 182 Å². The zero-order valence-electron chi connectivity index (χ0n) is 16.6. The topological polar surface area (TPSA) is 105 Å². The van der Waals surface area contributed by atoms with Crippen molar-refractivity contribution in [3.05, 3.63) is 117 Å². The molecule has 0 saturated heterocycles. The Kier molecular flexibility index (Phi) is 5.76. The largest absolute Gasteiger partial charge is 0.457 e. The minimum atomic E-state index is -0.462. The summed E-state index contributed by atoms with van der Waals surface area (Å²) in [4.78, 5) is 20.6. The number of ether oxygens (including phenoxy) is 2. The second-order valence-electron chi connectivity index (χ2n) is 6.76. The first-order valence-electron chi connectivity index (χ1n) is 9.53. The number of nitro groups is 2. The monoisotopic (exact) mass is 428 g/mol. The molecule has 0 N–H and O–H groups in total. The predicted octanol–water partition coefficient (Wildman–Crippen LogP) is 6.75. The van der Waals surface area contributed by atoms with E-state index in [4.69, 9.17) is 9.47 Å². The lowest BCUT2D eigenvalue weighted by atomic mass is 10.1. The van der Waals surface area contributed by atoms with Crippen molar-refractivity contribution in [1.29, 1.82) is 0 Å². The summed E-state index contributed by atoms with van der Waals surface area (Å²) in [6.45, 7) is 0. The molecule has 8 heteroatoms. The van der Waals surface area contributed by atoms with Gasteiger partial charge in [-0.2, -0.15) is 0 Å². The van der Waals surface area contributed by atoms with Gasteiger partial charge in [0.2, 0.25) is 0 Å². The minimum Gasteiger partial charge on any atom is -0.457 e. The van der Waals surface area contributed by atoms with Crippen molar-refractivity contribution in [2.75, 3.05) is 0 Å². The van der Waals surface area contributed by atoms with Crippen LogP contribution >= 0.6 is 0 Å². The number of hydrogen-bond acceptors (Lipinski definition) is 6. The van der Waals surface area contributed by atoms with Crippen LogP contribution < -0.4 is 9.47 Å². The van der Waals surface area contributed by atoms with Crippen molar-refractivity contribution in [2.45, 2.75) is 0 Å². The van der Waals surface area contributed by atoms with Crippen molar-refractivity contribution >= 4 is 11.4 Å². The molecule has 32 heavy (non-hydrogen) atoms. The van der Waals surface area contributed by atoms with Gasteiger partial charge in [0.05, 0.1) is 9.85 Å². The summed E-state index contributed by atoms with van der Waals surface area (Å²) in [5, 5.41) is 21.6. The second-order valence-corrected chi connectivity index (χ2v) is 6.76. The summed E-state index contributed by atoms with van der Waals surface area (Å²) >= 11 is 0. The number of non-ortho nitro benzene ring substituents is 2. The van der Waals surface area contributed by atoms with Crippen LogP contribution in [0.5, 0.6) is 23.0 Å². The van der Waals surface area contributed by atoms with E-state index in [0.29, 0.717) is 23.0 Å². The Morgan fingerprint density at radius 2 is 0.875 bits per heavy atom. The van der Waals surface area contributed by atoms with E-state index in [1.807, 2.05) is 36.4 Å². The van der Waals surface area contributed by atoms with E-state index in [2.05, 4.69) is 0 Å². The van der Waals surface area contributed by atoms with E-state index >= 15 is 0 Å². The summed E-state index contributed by atoms with van der Waals surface area (Å²) in [6.07, 6.45) is 0. The molecule has 0 aromatic heterocycles. The lowest BCUT2D eigenvalue weighted by Gasteiger charge is -2.10. The van der Waals surface area contributed by atoms with Crippen LogP contribution in [-0.4, -0.2) is 9.85 Å². The molecule has 0 aliphatic carbocycles. The molecule has 0 bridgehead atoms. The normalized spacial score (nSPS) is 10.4. The number of hydrogen-bond donors (Lipinski definition) is 0. The van der Waals surface area contributed by atoms with Crippen molar-refractivity contribution in [1.82, 2.24) is 0 Å². The van der Waals surface area contributed by atoms with Gasteiger partial charge >= 0.3 is 0 Å². The number of nitrogens with zero attached hydrogens (tertiary/aromatic N) is 2. The summed E-state index contributed by atoms with van der Waals surface area (Å²) in [7, 11) is 0. The molecule has 8 nitrogen and oxygen atoms in total. The molecule has 0 unspecified atom stereocenters. The van der Waals surface area contributed by atoms with Crippen molar-refractivity contribution in [3.63, 3.8) is 0 Å². The average Bonchev–Trinajstić information content (AvgIpc) is 2.80. The van der Waals surface area contributed by atoms with E-state index in [0.717, 1.165) is 11.1 Å². The van der Waals surface area contributed by atoms with Gasteiger partial charge in [-0.15, -0.1) is 0 Å². The van der Waals surface area contributed by atoms with Gasteiger partial charge in [-0.05, 0) is 59.7 Å². The SMILES string of the molecule is O=[N+]([O-])c1ccc(Oc2cccc(-c3cccc(Oc4ccc([N+](=O)[O-])cc4)c3)c2)cc1. The maximum absolute atomic E-state index is 10.8. The van der Waals surface area contributed by atoms with Crippen LogP contribution in [0.1, 0.15) is 0 Å². The van der Waals surface area contributed by atoms with E-state index in [-0.39, 0.29) is 11.4 Å². The zero-order valence-corrected chi connectivity index (χ0v) is 16.6. The Bertz CT molecular complexity index is 1170. The fourth-order valence-electron chi connectivity index (χ4n) is 3.02. The number of rotatable bonds is 7. The first-order valence-corrected chi connectivity index (χ1v) is 9.53. The number of nitro benzene ring substituents is 2. The molecule has 0 saturated carbocycles. The molecular weight excluding hydrogens is 412 g/mol. The maximum atomic E-state index is 10.8. The van der Waals surface area contributed by atoms with E-state index in [1.54, 1.807) is 36.4 Å². The first-order chi connectivity index (χ1) is 15.5. The predicted molar refractivity (Wildman–Crippen MR) is 118 cm³/mol. The van der Waals surface area contributed by atoms with Crippen LogP contribution in [0.3, 0.4) is 0 Å². The van der Waals surface area contributed by atoms with Crippen LogP contribution in [0.15, 0.2) is 97.1 Å². The molecule has 0 atom stereocenters. The highest BCUT2D eigenvalue weighted by molar-refractivity contribution is 5.67. The lowest BCUT2D eigenvalue weighted by Crippen LogP contribution is -1.89. The van der Waals surface area contributed by atoms with E-state index in [1.165, 1.54) is 24.3 Å². The van der Waals surface area contributed by atoms with Crippen LogP contribution in [0.25, 0.3) is 11.1 Å². The van der Waals surface area contributed by atoms with Crippen molar-refractivity contribution < 1.29 is 19.3 Å². The average molecular weight is 428 g/mol. The lowest BCUT2D eigenvalue weighted by molar-refractivity contribution is -0.385. The molecule has 4 aromatic rings. The summed E-state index contributed by atoms with van der Waals surface area (Å²) in [5.74, 6) is 2.14. The van der Waals surface area contributed by atoms with Crippen molar-refractivity contribution in [2.24, 2.45) is 0 Å². The quantitative estimate of drug-likeness (QED) is 0.238. The van der Waals surface area contributed by atoms with Crippen LogP contribution in [0.4, 0.5) is 11.4 Å². The van der Waals surface area contributed by atoms with Gasteiger partial charge in [0, 0.05) is 24.3 Å². The highest BCUT2D eigenvalue weighted by atomic mass is 16.6. The highest BCUT2D eigenvalue weighted by Gasteiger charge is 2.08. The maximum Gasteiger partial charge on any atom is 0.269 e. The summed E-state index contributed by atoms with van der Waals surface area (Å²) in [5.41, 5.74) is 1.77. The standard InChI is InChI=1S/C24H16N2O6/c27-25(28)19-7-11-21(12-8-19)31-23-5-1-3-17(15-23)18-4-2-6-24(16-18)32-22-13-9-20(10-14-22)26(29)30/h1-16H. The van der Waals surface area contributed by atoms with E-state index < -0.39 is 9.85 Å². The molecule has 0 spiro atoms. The molecule has 158 valence electrons. The molecular formula is C24H16N2O6. The minimum absolute atomic E-state index is 0.00376. The third-order valence-electron chi connectivity index (χ3n) is 4.57. The Morgan fingerprint density at radius 1 is 0.500 bits per heavy atom. The molecule has 0 heterocycles. The summed E-state index contributed by atoms with van der Waals surface area (Å²) < 4.78 is 11.6. The Balaban J connectivity index is 1.51. The second kappa shape index (κ2) is 8.97. The number of benzene rings is 4.